The fraction of sp³-hybridized carbons (Fsp3) is 0.455. The van der Waals surface area contributed by atoms with Gasteiger partial charge in [-0.25, -0.2) is 9.37 Å². The molecule has 1 amide bonds. The monoisotopic (exact) mass is 383 g/mol. The second kappa shape index (κ2) is 8.17. The number of ether oxygens (including phenoxy) is 1. The van der Waals surface area contributed by atoms with Crippen molar-refractivity contribution in [2.75, 3.05) is 19.0 Å². The Morgan fingerprint density at radius 1 is 1.32 bits per heavy atom. The van der Waals surface area contributed by atoms with E-state index in [1.165, 1.54) is 18.7 Å². The largest absolute Gasteiger partial charge is 0.494 e. The minimum atomic E-state index is -0.334. The van der Waals surface area contributed by atoms with Crippen molar-refractivity contribution in [3.05, 3.63) is 53.0 Å². The Morgan fingerprint density at radius 3 is 2.96 bits per heavy atom. The van der Waals surface area contributed by atoms with Crippen LogP contribution in [-0.4, -0.2) is 30.6 Å². The number of pyridine rings is 1. The van der Waals surface area contributed by atoms with Gasteiger partial charge in [-0.15, -0.1) is 0 Å². The van der Waals surface area contributed by atoms with Crippen LogP contribution >= 0.6 is 0 Å². The van der Waals surface area contributed by atoms with Crippen LogP contribution in [0.1, 0.15) is 48.4 Å². The lowest BCUT2D eigenvalue weighted by atomic mass is 9.76. The van der Waals surface area contributed by atoms with E-state index in [0.717, 1.165) is 49.3 Å². The van der Waals surface area contributed by atoms with Crippen LogP contribution in [0.5, 0.6) is 5.75 Å². The zero-order valence-corrected chi connectivity index (χ0v) is 16.1. The molecular weight excluding hydrogens is 357 g/mol. The molecule has 0 atom stereocenters. The second-order valence-corrected chi connectivity index (χ2v) is 7.67. The summed E-state index contributed by atoms with van der Waals surface area (Å²) in [4.78, 5) is 16.9. The van der Waals surface area contributed by atoms with Crippen LogP contribution < -0.4 is 15.4 Å². The molecule has 1 aliphatic carbocycles. The molecule has 0 bridgehead atoms. The normalized spacial score (nSPS) is 20.5. The lowest BCUT2D eigenvalue weighted by Gasteiger charge is -2.36. The lowest BCUT2D eigenvalue weighted by molar-refractivity contribution is -0.122. The van der Waals surface area contributed by atoms with Gasteiger partial charge in [0.25, 0.3) is 0 Å². The third-order valence-electron chi connectivity index (χ3n) is 5.71. The Hall–Kier alpha value is -2.63. The number of aryl methyl sites for hydroxylation is 2. The van der Waals surface area contributed by atoms with E-state index in [-0.39, 0.29) is 23.5 Å². The average Bonchev–Trinajstić information content (AvgIpc) is 2.68. The molecule has 2 heterocycles. The minimum absolute atomic E-state index is 0.0526. The first-order valence-corrected chi connectivity index (χ1v) is 9.98. The summed E-state index contributed by atoms with van der Waals surface area (Å²) in [7, 11) is 1.46. The van der Waals surface area contributed by atoms with Crippen LogP contribution in [0, 0.1) is 5.82 Å². The molecule has 1 aromatic carbocycles. The van der Waals surface area contributed by atoms with Crippen molar-refractivity contribution in [3.8, 4) is 5.75 Å². The van der Waals surface area contributed by atoms with Crippen LogP contribution in [0.4, 0.5) is 10.2 Å². The number of carbonyl (C=O) groups excluding carboxylic acids is 1. The maximum Gasteiger partial charge on any atom is 0.220 e. The van der Waals surface area contributed by atoms with E-state index in [1.54, 1.807) is 6.07 Å². The highest BCUT2D eigenvalue weighted by Gasteiger charge is 2.31. The molecule has 1 aliphatic heterocycles. The summed E-state index contributed by atoms with van der Waals surface area (Å²) in [5.41, 5.74) is 3.17. The fourth-order valence-electron chi connectivity index (χ4n) is 3.99. The first-order valence-electron chi connectivity index (χ1n) is 9.98. The molecule has 2 aromatic rings. The van der Waals surface area contributed by atoms with E-state index in [2.05, 4.69) is 21.7 Å². The number of rotatable bonds is 6. The van der Waals surface area contributed by atoms with Gasteiger partial charge in [-0.2, -0.15) is 0 Å². The number of amides is 1. The summed E-state index contributed by atoms with van der Waals surface area (Å²) in [6.07, 6.45) is 4.97. The molecule has 0 radical (unpaired) electrons. The van der Waals surface area contributed by atoms with Crippen molar-refractivity contribution in [3.63, 3.8) is 0 Å². The van der Waals surface area contributed by atoms with E-state index in [4.69, 9.17) is 4.74 Å². The average molecular weight is 383 g/mol. The molecule has 148 valence electrons. The quantitative estimate of drug-likeness (QED) is 0.800. The highest BCUT2D eigenvalue weighted by Crippen LogP contribution is 2.38. The number of benzene rings is 1. The smallest absolute Gasteiger partial charge is 0.220 e. The van der Waals surface area contributed by atoms with Gasteiger partial charge in [0.1, 0.15) is 5.82 Å². The molecular formula is C22H26FN3O2. The Labute approximate surface area is 164 Å². The molecule has 0 unspecified atom stereocenters. The first kappa shape index (κ1) is 18.7. The van der Waals surface area contributed by atoms with Crippen molar-refractivity contribution in [1.82, 2.24) is 10.3 Å². The standard InChI is InChI=1S/C22H26FN3O2/c1-28-20-8-5-15(13-19(20)23)16-11-18(12-16)25-21(27)9-7-17-6-4-14-3-2-10-24-22(14)26-17/h4-6,8,13,16,18H,2-3,7,9-12H2,1H3,(H,24,26)(H,25,27). The predicted octanol–water partition coefficient (Wildman–Crippen LogP) is 3.58. The number of fused-ring (bicyclic) bond motifs is 1. The molecule has 0 saturated heterocycles. The second-order valence-electron chi connectivity index (χ2n) is 7.67. The third kappa shape index (κ3) is 4.11. The highest BCUT2D eigenvalue weighted by atomic mass is 19.1. The summed E-state index contributed by atoms with van der Waals surface area (Å²) < 4.78 is 18.8. The lowest BCUT2D eigenvalue weighted by Crippen LogP contribution is -2.43. The van der Waals surface area contributed by atoms with Crippen molar-refractivity contribution in [2.24, 2.45) is 0 Å². The fourth-order valence-corrected chi connectivity index (χ4v) is 3.99. The van der Waals surface area contributed by atoms with Crippen LogP contribution in [0.25, 0.3) is 0 Å². The van der Waals surface area contributed by atoms with E-state index in [0.29, 0.717) is 18.8 Å². The summed E-state index contributed by atoms with van der Waals surface area (Å²) >= 11 is 0. The molecule has 0 spiro atoms. The zero-order valence-electron chi connectivity index (χ0n) is 16.1. The SMILES string of the molecule is COc1ccc(C2CC(NC(=O)CCc3ccc4c(n3)NCCC4)C2)cc1F. The Balaban J connectivity index is 1.23. The Kier molecular flexibility index (Phi) is 5.46. The van der Waals surface area contributed by atoms with Gasteiger partial charge in [0.15, 0.2) is 11.6 Å². The maximum absolute atomic E-state index is 13.8. The van der Waals surface area contributed by atoms with Crippen LogP contribution in [0.3, 0.4) is 0 Å². The van der Waals surface area contributed by atoms with Gasteiger partial charge in [0.2, 0.25) is 5.91 Å². The molecule has 2 N–H and O–H groups in total. The number of nitrogens with zero attached hydrogens (tertiary/aromatic N) is 1. The van der Waals surface area contributed by atoms with Gasteiger partial charge < -0.3 is 15.4 Å². The van der Waals surface area contributed by atoms with E-state index in [9.17, 15) is 9.18 Å². The van der Waals surface area contributed by atoms with E-state index in [1.807, 2.05) is 12.1 Å². The Bertz CT molecular complexity index is 865. The number of nitrogens with one attached hydrogen (secondary N) is 2. The topological polar surface area (TPSA) is 63.2 Å². The van der Waals surface area contributed by atoms with Gasteiger partial charge in [-0.05, 0) is 67.3 Å². The maximum atomic E-state index is 13.8. The number of methoxy groups -OCH3 is 1. The number of hydrogen-bond donors (Lipinski definition) is 2. The summed E-state index contributed by atoms with van der Waals surface area (Å²) in [6.45, 7) is 0.963. The van der Waals surface area contributed by atoms with Crippen molar-refractivity contribution in [1.29, 1.82) is 0 Å². The molecule has 1 saturated carbocycles. The Morgan fingerprint density at radius 2 is 2.18 bits per heavy atom. The molecule has 28 heavy (non-hydrogen) atoms. The zero-order chi connectivity index (χ0) is 19.5. The van der Waals surface area contributed by atoms with Crippen molar-refractivity contribution < 1.29 is 13.9 Å². The minimum Gasteiger partial charge on any atom is -0.494 e. The van der Waals surface area contributed by atoms with Gasteiger partial charge in [-0.1, -0.05) is 12.1 Å². The molecule has 6 heteroatoms. The highest BCUT2D eigenvalue weighted by molar-refractivity contribution is 5.76. The number of anilines is 1. The first-order chi connectivity index (χ1) is 13.6. The van der Waals surface area contributed by atoms with E-state index < -0.39 is 0 Å². The van der Waals surface area contributed by atoms with E-state index >= 15 is 0 Å². The molecule has 4 rings (SSSR count). The molecule has 5 nitrogen and oxygen atoms in total. The van der Waals surface area contributed by atoms with Gasteiger partial charge >= 0.3 is 0 Å². The van der Waals surface area contributed by atoms with Gasteiger partial charge in [0.05, 0.1) is 7.11 Å². The van der Waals surface area contributed by atoms with Gasteiger partial charge in [-0.3, -0.25) is 4.79 Å². The number of aromatic nitrogens is 1. The van der Waals surface area contributed by atoms with Crippen LogP contribution in [0.15, 0.2) is 30.3 Å². The number of hydrogen-bond acceptors (Lipinski definition) is 4. The summed E-state index contributed by atoms with van der Waals surface area (Å²) in [5.74, 6) is 1.24. The number of carbonyl (C=O) groups is 1. The van der Waals surface area contributed by atoms with Crippen molar-refractivity contribution >= 4 is 11.7 Å². The van der Waals surface area contributed by atoms with Crippen LogP contribution in [-0.2, 0) is 17.6 Å². The predicted molar refractivity (Wildman–Crippen MR) is 106 cm³/mol. The molecule has 1 fully saturated rings. The summed E-state index contributed by atoms with van der Waals surface area (Å²) in [6, 6.07) is 9.42. The third-order valence-corrected chi connectivity index (χ3v) is 5.71. The molecule has 2 aliphatic rings. The van der Waals surface area contributed by atoms with Crippen LogP contribution in [0.2, 0.25) is 0 Å². The summed E-state index contributed by atoms with van der Waals surface area (Å²) in [5, 5.41) is 6.41. The van der Waals surface area contributed by atoms with Gasteiger partial charge in [0, 0.05) is 24.7 Å². The molecule has 1 aromatic heterocycles. The number of halogens is 1. The van der Waals surface area contributed by atoms with Crippen molar-refractivity contribution in [2.45, 2.75) is 50.5 Å².